The summed E-state index contributed by atoms with van der Waals surface area (Å²) >= 11 is 0. The Balaban J connectivity index is 2.06. The van der Waals surface area contributed by atoms with Crippen molar-refractivity contribution in [3.63, 3.8) is 0 Å². The summed E-state index contributed by atoms with van der Waals surface area (Å²) in [6.07, 6.45) is 10.7. The average Bonchev–Trinajstić information content (AvgIpc) is 2.52. The molecule has 0 radical (unpaired) electrons. The summed E-state index contributed by atoms with van der Waals surface area (Å²) in [6.45, 7) is 14.4. The van der Waals surface area contributed by atoms with Crippen molar-refractivity contribution < 1.29 is 9.53 Å². The van der Waals surface area contributed by atoms with Gasteiger partial charge in [-0.05, 0) is 81.0 Å². The summed E-state index contributed by atoms with van der Waals surface area (Å²) in [4.78, 5) is 11.7. The van der Waals surface area contributed by atoms with Crippen LogP contribution in [0.5, 0.6) is 0 Å². The van der Waals surface area contributed by atoms with Gasteiger partial charge in [-0.25, -0.2) is 0 Å². The van der Waals surface area contributed by atoms with Gasteiger partial charge in [-0.2, -0.15) is 0 Å². The Hall–Kier alpha value is -0.790. The zero-order chi connectivity index (χ0) is 18.0. The molecule has 0 amide bonds. The minimum atomic E-state index is -0.0341. The molecule has 138 valence electrons. The highest BCUT2D eigenvalue weighted by Crippen LogP contribution is 2.61. The van der Waals surface area contributed by atoms with Gasteiger partial charge in [0.05, 0.1) is 6.61 Å². The highest BCUT2D eigenvalue weighted by atomic mass is 16.5. The van der Waals surface area contributed by atoms with Crippen molar-refractivity contribution in [1.29, 1.82) is 0 Å². The predicted octanol–water partition coefficient (Wildman–Crippen LogP) is 6.15. The molecule has 0 aromatic carbocycles. The van der Waals surface area contributed by atoms with Gasteiger partial charge in [0.2, 0.25) is 0 Å². The fourth-order valence-corrected chi connectivity index (χ4v) is 5.50. The highest BCUT2D eigenvalue weighted by Gasteiger charge is 2.52. The molecule has 2 aliphatic rings. The topological polar surface area (TPSA) is 26.3 Å². The first-order valence-electron chi connectivity index (χ1n) is 10.1. The summed E-state index contributed by atoms with van der Waals surface area (Å²) in [5, 5.41) is 0. The van der Waals surface area contributed by atoms with Crippen molar-refractivity contribution in [3.05, 3.63) is 11.6 Å². The Morgan fingerprint density at radius 2 is 2.08 bits per heavy atom. The SMILES string of the molecule is CCOC(=O)C[C@H](C)CC[C@@]1(C)[C@H](C)CC[C@@]2(C)C(C)=CCC[C@H]12. The van der Waals surface area contributed by atoms with Crippen molar-refractivity contribution in [1.82, 2.24) is 0 Å². The lowest BCUT2D eigenvalue weighted by Gasteiger charge is -2.58. The minimum absolute atomic E-state index is 0.0341. The number of esters is 1. The van der Waals surface area contributed by atoms with E-state index in [0.29, 0.717) is 29.8 Å². The average molecular weight is 335 g/mol. The van der Waals surface area contributed by atoms with Crippen LogP contribution in [0.2, 0.25) is 0 Å². The molecule has 0 N–H and O–H groups in total. The lowest BCUT2D eigenvalue weighted by Crippen LogP contribution is -2.49. The second-order valence-electron chi connectivity index (χ2n) is 9.03. The standard InChI is InChI=1S/C22H38O2/c1-7-24-20(23)15-16(2)11-13-21(5)18(4)12-14-22(6)17(3)9-8-10-19(21)22/h9,16,18-19H,7-8,10-15H2,1-6H3/t16-,18-,19-,21+,22+/m1/s1. The molecule has 1 saturated carbocycles. The van der Waals surface area contributed by atoms with E-state index in [-0.39, 0.29) is 5.97 Å². The van der Waals surface area contributed by atoms with Gasteiger partial charge in [-0.15, -0.1) is 0 Å². The fraction of sp³-hybridized carbons (Fsp3) is 0.864. The maximum Gasteiger partial charge on any atom is 0.306 e. The number of hydrogen-bond acceptors (Lipinski definition) is 2. The molecular formula is C22H38O2. The van der Waals surface area contributed by atoms with E-state index >= 15 is 0 Å². The lowest BCUT2D eigenvalue weighted by molar-refractivity contribution is -0.144. The van der Waals surface area contributed by atoms with Gasteiger partial charge in [0, 0.05) is 6.42 Å². The molecule has 2 heteroatoms. The number of rotatable bonds is 6. The van der Waals surface area contributed by atoms with Crippen molar-refractivity contribution in [2.45, 2.75) is 86.5 Å². The second kappa shape index (κ2) is 7.62. The molecule has 0 aliphatic heterocycles. The summed E-state index contributed by atoms with van der Waals surface area (Å²) in [5.41, 5.74) is 2.41. The molecule has 0 saturated heterocycles. The smallest absolute Gasteiger partial charge is 0.306 e. The third kappa shape index (κ3) is 3.73. The lowest BCUT2D eigenvalue weighted by atomic mass is 9.47. The first kappa shape index (κ1) is 19.5. The van der Waals surface area contributed by atoms with Crippen LogP contribution in [0.1, 0.15) is 86.5 Å². The second-order valence-corrected chi connectivity index (χ2v) is 9.03. The molecule has 0 bridgehead atoms. The van der Waals surface area contributed by atoms with E-state index in [9.17, 15) is 4.79 Å². The molecule has 2 nitrogen and oxygen atoms in total. The van der Waals surface area contributed by atoms with Crippen molar-refractivity contribution in [2.24, 2.45) is 28.6 Å². The fourth-order valence-electron chi connectivity index (χ4n) is 5.50. The molecule has 2 aliphatic carbocycles. The molecule has 2 rings (SSSR count). The normalized spacial score (nSPS) is 37.3. The zero-order valence-corrected chi connectivity index (χ0v) is 16.8. The van der Waals surface area contributed by atoms with Crippen molar-refractivity contribution in [2.75, 3.05) is 6.61 Å². The number of carbonyl (C=O) groups excluding carboxylic acids is 1. The van der Waals surface area contributed by atoms with E-state index in [2.05, 4.69) is 40.7 Å². The monoisotopic (exact) mass is 334 g/mol. The van der Waals surface area contributed by atoms with Crippen molar-refractivity contribution in [3.8, 4) is 0 Å². The van der Waals surface area contributed by atoms with E-state index in [0.717, 1.165) is 18.3 Å². The van der Waals surface area contributed by atoms with Gasteiger partial charge < -0.3 is 4.74 Å². The quantitative estimate of drug-likeness (QED) is 0.430. The van der Waals surface area contributed by atoms with E-state index in [1.807, 2.05) is 6.92 Å². The molecule has 0 aromatic rings. The molecule has 0 heterocycles. The van der Waals surface area contributed by atoms with Crippen molar-refractivity contribution >= 4 is 5.97 Å². The van der Waals surface area contributed by atoms with Crippen LogP contribution in [0.25, 0.3) is 0 Å². The maximum absolute atomic E-state index is 11.7. The number of ether oxygens (including phenoxy) is 1. The van der Waals surface area contributed by atoms with Gasteiger partial charge in [0.15, 0.2) is 0 Å². The summed E-state index contributed by atoms with van der Waals surface area (Å²) in [6, 6.07) is 0. The summed E-state index contributed by atoms with van der Waals surface area (Å²) < 4.78 is 5.12. The number of fused-ring (bicyclic) bond motifs is 1. The highest BCUT2D eigenvalue weighted by molar-refractivity contribution is 5.69. The largest absolute Gasteiger partial charge is 0.466 e. The third-order valence-electron chi connectivity index (χ3n) is 7.59. The molecule has 0 spiro atoms. The van der Waals surface area contributed by atoms with Gasteiger partial charge in [-0.1, -0.05) is 39.3 Å². The first-order chi connectivity index (χ1) is 11.2. The number of allylic oxidation sites excluding steroid dienone is 2. The first-order valence-corrected chi connectivity index (χ1v) is 10.1. The Bertz CT molecular complexity index is 480. The zero-order valence-electron chi connectivity index (χ0n) is 16.8. The predicted molar refractivity (Wildman–Crippen MR) is 101 cm³/mol. The summed E-state index contributed by atoms with van der Waals surface area (Å²) in [7, 11) is 0. The number of carbonyl (C=O) groups is 1. The van der Waals surface area contributed by atoms with Crippen LogP contribution in [0, 0.1) is 28.6 Å². The van der Waals surface area contributed by atoms with Gasteiger partial charge in [0.1, 0.15) is 0 Å². The Morgan fingerprint density at radius 1 is 1.38 bits per heavy atom. The minimum Gasteiger partial charge on any atom is -0.466 e. The van der Waals surface area contributed by atoms with Crippen LogP contribution in [-0.4, -0.2) is 12.6 Å². The van der Waals surface area contributed by atoms with Gasteiger partial charge in [-0.3, -0.25) is 4.79 Å². The van der Waals surface area contributed by atoms with E-state index < -0.39 is 0 Å². The number of hydrogen-bond donors (Lipinski definition) is 0. The maximum atomic E-state index is 11.7. The van der Waals surface area contributed by atoms with E-state index in [1.165, 1.54) is 32.1 Å². The van der Waals surface area contributed by atoms with Crippen LogP contribution < -0.4 is 0 Å². The van der Waals surface area contributed by atoms with E-state index in [1.54, 1.807) is 5.57 Å². The van der Waals surface area contributed by atoms with Crippen LogP contribution in [-0.2, 0) is 9.53 Å². The van der Waals surface area contributed by atoms with Gasteiger partial charge >= 0.3 is 5.97 Å². The van der Waals surface area contributed by atoms with Gasteiger partial charge in [0.25, 0.3) is 0 Å². The Labute approximate surface area is 149 Å². The molecule has 5 atom stereocenters. The van der Waals surface area contributed by atoms with Crippen LogP contribution in [0.3, 0.4) is 0 Å². The summed E-state index contributed by atoms with van der Waals surface area (Å²) in [5.74, 6) is 1.94. The van der Waals surface area contributed by atoms with Crippen LogP contribution in [0.15, 0.2) is 11.6 Å². The molecular weight excluding hydrogens is 296 g/mol. The molecule has 24 heavy (non-hydrogen) atoms. The molecule has 1 fully saturated rings. The molecule has 0 aromatic heterocycles. The van der Waals surface area contributed by atoms with Crippen LogP contribution in [0.4, 0.5) is 0 Å². The molecule has 0 unspecified atom stereocenters. The third-order valence-corrected chi connectivity index (χ3v) is 7.59. The Morgan fingerprint density at radius 3 is 2.75 bits per heavy atom. The van der Waals surface area contributed by atoms with E-state index in [4.69, 9.17) is 4.74 Å². The Kier molecular flexibility index (Phi) is 6.20. The van der Waals surface area contributed by atoms with Crippen LogP contribution >= 0.6 is 0 Å².